The van der Waals surface area contributed by atoms with Crippen LogP contribution in [0.3, 0.4) is 0 Å². The summed E-state index contributed by atoms with van der Waals surface area (Å²) in [6.45, 7) is 0.532. The van der Waals surface area contributed by atoms with Crippen LogP contribution < -0.4 is 5.32 Å². The molecule has 3 nitrogen and oxygen atoms in total. The highest BCUT2D eigenvalue weighted by Crippen LogP contribution is 2.35. The summed E-state index contributed by atoms with van der Waals surface area (Å²) in [4.78, 5) is 11.6. The quantitative estimate of drug-likeness (QED) is 0.790. The number of phenolic OH excluding ortho intramolecular Hbond substituents is 1. The summed E-state index contributed by atoms with van der Waals surface area (Å²) in [7, 11) is 0. The smallest absolute Gasteiger partial charge is 0.224 e. The molecule has 1 amide bonds. The molecule has 92 valence electrons. The number of phenols is 1. The van der Waals surface area contributed by atoms with Crippen LogP contribution in [0.4, 0.5) is 0 Å². The molecule has 2 N–H and O–H groups in total. The van der Waals surface area contributed by atoms with E-state index in [1.807, 2.05) is 6.07 Å². The van der Waals surface area contributed by atoms with Crippen LogP contribution in [0, 0.1) is 5.92 Å². The maximum absolute atomic E-state index is 11.6. The minimum atomic E-state index is -0.0538. The van der Waals surface area contributed by atoms with E-state index in [9.17, 15) is 9.90 Å². The van der Waals surface area contributed by atoms with Crippen molar-refractivity contribution < 1.29 is 9.90 Å². The number of carbonyl (C=O) groups is 1. The maximum Gasteiger partial charge on any atom is 0.224 e. The van der Waals surface area contributed by atoms with E-state index in [2.05, 4.69) is 5.32 Å². The molecule has 1 fully saturated rings. The van der Waals surface area contributed by atoms with Gasteiger partial charge in [0.25, 0.3) is 0 Å². The summed E-state index contributed by atoms with van der Waals surface area (Å²) in [6.07, 6.45) is 2.63. The Morgan fingerprint density at radius 2 is 2.29 bits per heavy atom. The first-order chi connectivity index (χ1) is 8.15. The van der Waals surface area contributed by atoms with Crippen LogP contribution >= 0.6 is 11.6 Å². The van der Waals surface area contributed by atoms with Gasteiger partial charge in [-0.2, -0.15) is 0 Å². The normalized spacial score (nSPS) is 16.5. The topological polar surface area (TPSA) is 49.3 Å². The molecule has 17 heavy (non-hydrogen) atoms. The molecule has 0 bridgehead atoms. The Morgan fingerprint density at radius 1 is 1.53 bits per heavy atom. The molecule has 1 atom stereocenters. The maximum atomic E-state index is 11.6. The average Bonchev–Trinajstić information content (AvgIpc) is 3.09. The second kappa shape index (κ2) is 5.41. The minimum absolute atomic E-state index is 0.0538. The summed E-state index contributed by atoms with van der Waals surface area (Å²) in [5.41, 5.74) is 0.806. The number of hydrogen-bond donors (Lipinski definition) is 2. The van der Waals surface area contributed by atoms with Gasteiger partial charge < -0.3 is 10.4 Å². The Morgan fingerprint density at radius 3 is 2.94 bits per heavy atom. The van der Waals surface area contributed by atoms with Crippen LogP contribution in [0.15, 0.2) is 24.3 Å². The van der Waals surface area contributed by atoms with E-state index in [-0.39, 0.29) is 23.5 Å². The Hall–Kier alpha value is -1.22. The number of halogens is 1. The Labute approximate surface area is 106 Å². The predicted octanol–water partition coefficient (Wildman–Crippen LogP) is 2.07. The van der Waals surface area contributed by atoms with E-state index in [1.165, 1.54) is 12.8 Å². The SMILES string of the molecule is O=C(Cc1cccc(O)c1)NCC(Cl)C1CC1. The fraction of sp³-hybridized carbons (Fsp3) is 0.462. The van der Waals surface area contributed by atoms with Crippen LogP contribution in [0.25, 0.3) is 0 Å². The van der Waals surface area contributed by atoms with Gasteiger partial charge in [-0.15, -0.1) is 11.6 Å². The molecule has 0 radical (unpaired) electrons. The van der Waals surface area contributed by atoms with Crippen molar-refractivity contribution in [2.75, 3.05) is 6.54 Å². The second-order valence-corrected chi connectivity index (χ2v) is 5.06. The molecule has 0 aliphatic heterocycles. The predicted molar refractivity (Wildman–Crippen MR) is 67.2 cm³/mol. The van der Waals surface area contributed by atoms with Crippen molar-refractivity contribution in [3.63, 3.8) is 0 Å². The van der Waals surface area contributed by atoms with Crippen molar-refractivity contribution in [1.82, 2.24) is 5.32 Å². The van der Waals surface area contributed by atoms with Gasteiger partial charge in [-0.25, -0.2) is 0 Å². The highest BCUT2D eigenvalue weighted by molar-refractivity contribution is 6.21. The molecule has 1 aliphatic rings. The molecule has 4 heteroatoms. The third-order valence-electron chi connectivity index (χ3n) is 2.90. The summed E-state index contributed by atoms with van der Waals surface area (Å²) >= 11 is 6.10. The van der Waals surface area contributed by atoms with Gasteiger partial charge in [-0.05, 0) is 36.5 Å². The first-order valence-electron chi connectivity index (χ1n) is 5.84. The standard InChI is InChI=1S/C13H16ClNO2/c14-12(10-4-5-10)8-15-13(17)7-9-2-1-3-11(16)6-9/h1-3,6,10,12,16H,4-5,7-8H2,(H,15,17). The molecule has 1 saturated carbocycles. The van der Waals surface area contributed by atoms with E-state index < -0.39 is 0 Å². The molecule has 1 aliphatic carbocycles. The number of aromatic hydroxyl groups is 1. The van der Waals surface area contributed by atoms with Gasteiger partial charge in [0, 0.05) is 6.54 Å². The van der Waals surface area contributed by atoms with Gasteiger partial charge in [-0.1, -0.05) is 12.1 Å². The molecule has 2 rings (SSSR count). The lowest BCUT2D eigenvalue weighted by molar-refractivity contribution is -0.120. The fourth-order valence-corrected chi connectivity index (χ4v) is 2.08. The number of hydrogen-bond acceptors (Lipinski definition) is 2. The van der Waals surface area contributed by atoms with Crippen LogP contribution in [0.5, 0.6) is 5.75 Å². The zero-order chi connectivity index (χ0) is 12.3. The molecule has 0 aromatic heterocycles. The molecular weight excluding hydrogens is 238 g/mol. The Balaban J connectivity index is 1.76. The molecular formula is C13H16ClNO2. The minimum Gasteiger partial charge on any atom is -0.508 e. The summed E-state index contributed by atoms with van der Waals surface area (Å²) in [6, 6.07) is 6.73. The first-order valence-corrected chi connectivity index (χ1v) is 6.27. The third-order valence-corrected chi connectivity index (χ3v) is 3.41. The van der Waals surface area contributed by atoms with Crippen LogP contribution in [-0.4, -0.2) is 22.9 Å². The average molecular weight is 254 g/mol. The zero-order valence-corrected chi connectivity index (χ0v) is 10.3. The van der Waals surface area contributed by atoms with Crippen molar-refractivity contribution >= 4 is 17.5 Å². The monoisotopic (exact) mass is 253 g/mol. The summed E-state index contributed by atoms with van der Waals surface area (Å²) < 4.78 is 0. The largest absolute Gasteiger partial charge is 0.508 e. The first kappa shape index (κ1) is 12.2. The third kappa shape index (κ3) is 3.93. The van der Waals surface area contributed by atoms with Crippen molar-refractivity contribution in [1.29, 1.82) is 0 Å². The van der Waals surface area contributed by atoms with Crippen molar-refractivity contribution in [3.05, 3.63) is 29.8 Å². The van der Waals surface area contributed by atoms with Crippen molar-refractivity contribution in [2.24, 2.45) is 5.92 Å². The summed E-state index contributed by atoms with van der Waals surface area (Å²) in [5, 5.41) is 12.1. The van der Waals surface area contributed by atoms with Gasteiger partial charge in [0.1, 0.15) is 5.75 Å². The van der Waals surface area contributed by atoms with Crippen molar-refractivity contribution in [2.45, 2.75) is 24.6 Å². The number of alkyl halides is 1. The van der Waals surface area contributed by atoms with E-state index in [0.717, 1.165) is 5.56 Å². The lowest BCUT2D eigenvalue weighted by Gasteiger charge is -2.09. The van der Waals surface area contributed by atoms with Gasteiger partial charge in [-0.3, -0.25) is 4.79 Å². The number of nitrogens with one attached hydrogen (secondary N) is 1. The summed E-state index contributed by atoms with van der Waals surface area (Å²) in [5.74, 6) is 0.711. The molecule has 1 unspecified atom stereocenters. The van der Waals surface area contributed by atoms with E-state index in [1.54, 1.807) is 18.2 Å². The number of rotatable bonds is 5. The highest BCUT2D eigenvalue weighted by Gasteiger charge is 2.29. The van der Waals surface area contributed by atoms with E-state index >= 15 is 0 Å². The zero-order valence-electron chi connectivity index (χ0n) is 9.53. The van der Waals surface area contributed by atoms with Crippen LogP contribution in [0.2, 0.25) is 0 Å². The Bertz CT molecular complexity index is 404. The van der Waals surface area contributed by atoms with E-state index in [4.69, 9.17) is 11.6 Å². The number of amides is 1. The molecule has 0 saturated heterocycles. The second-order valence-electron chi connectivity index (χ2n) is 4.50. The Kier molecular flexibility index (Phi) is 3.89. The van der Waals surface area contributed by atoms with Crippen LogP contribution in [-0.2, 0) is 11.2 Å². The van der Waals surface area contributed by atoms with Gasteiger partial charge in [0.2, 0.25) is 5.91 Å². The molecule has 0 heterocycles. The van der Waals surface area contributed by atoms with E-state index in [0.29, 0.717) is 12.5 Å². The number of carbonyl (C=O) groups excluding carboxylic acids is 1. The highest BCUT2D eigenvalue weighted by atomic mass is 35.5. The number of benzene rings is 1. The molecule has 0 spiro atoms. The van der Waals surface area contributed by atoms with Crippen molar-refractivity contribution in [3.8, 4) is 5.75 Å². The van der Waals surface area contributed by atoms with Gasteiger partial charge in [0.15, 0.2) is 0 Å². The van der Waals surface area contributed by atoms with Gasteiger partial charge >= 0.3 is 0 Å². The molecule has 1 aromatic rings. The van der Waals surface area contributed by atoms with Crippen LogP contribution in [0.1, 0.15) is 18.4 Å². The van der Waals surface area contributed by atoms with Gasteiger partial charge in [0.05, 0.1) is 11.8 Å². The molecule has 1 aromatic carbocycles. The fourth-order valence-electron chi connectivity index (χ4n) is 1.75. The lowest BCUT2D eigenvalue weighted by Crippen LogP contribution is -2.31. The lowest BCUT2D eigenvalue weighted by atomic mass is 10.1.